The summed E-state index contributed by atoms with van der Waals surface area (Å²) in [7, 11) is 0. The molecule has 0 bridgehead atoms. The summed E-state index contributed by atoms with van der Waals surface area (Å²) in [4.78, 5) is 16.0. The smallest absolute Gasteiger partial charge is 0.323 e. The van der Waals surface area contributed by atoms with E-state index in [9.17, 15) is 18.0 Å². The number of nitrogens with one attached hydrogen (secondary N) is 1. The van der Waals surface area contributed by atoms with Crippen LogP contribution in [0.4, 0.5) is 18.3 Å². The van der Waals surface area contributed by atoms with Gasteiger partial charge in [0, 0.05) is 17.0 Å². The minimum atomic E-state index is -4.49. The Morgan fingerprint density at radius 1 is 1.43 bits per heavy atom. The number of hydrogen-bond acceptors (Lipinski definition) is 4. The van der Waals surface area contributed by atoms with Crippen LogP contribution in [-0.2, 0) is 6.18 Å². The molecule has 1 atom stereocenters. The summed E-state index contributed by atoms with van der Waals surface area (Å²) in [6, 6.07) is 3.93. The van der Waals surface area contributed by atoms with E-state index in [0.717, 1.165) is 12.1 Å². The second-order valence-electron chi connectivity index (χ2n) is 4.40. The summed E-state index contributed by atoms with van der Waals surface area (Å²) in [6.07, 6.45) is -4.49. The van der Waals surface area contributed by atoms with Crippen molar-refractivity contribution in [2.45, 2.75) is 19.1 Å². The third kappa shape index (κ3) is 3.79. The summed E-state index contributed by atoms with van der Waals surface area (Å²) in [6.45, 7) is 1.74. The summed E-state index contributed by atoms with van der Waals surface area (Å²) >= 11 is 1.17. The highest BCUT2D eigenvalue weighted by Crippen LogP contribution is 2.29. The molecule has 0 aliphatic rings. The molecule has 3 N–H and O–H groups in total. The SMILES string of the molecule is CC(N)c1csc(NC(=O)c2cccc(C(F)(F)F)c2)n1. The lowest BCUT2D eigenvalue weighted by Gasteiger charge is -2.08. The number of nitrogens with two attached hydrogens (primary N) is 1. The van der Waals surface area contributed by atoms with Crippen LogP contribution in [-0.4, -0.2) is 10.9 Å². The Labute approximate surface area is 122 Å². The fourth-order valence-corrected chi connectivity index (χ4v) is 2.37. The number of carbonyl (C=O) groups excluding carboxylic acids is 1. The van der Waals surface area contributed by atoms with Crippen LogP contribution in [0.15, 0.2) is 29.6 Å². The molecule has 2 rings (SSSR count). The first-order chi connectivity index (χ1) is 9.77. The second-order valence-corrected chi connectivity index (χ2v) is 5.26. The Morgan fingerprint density at radius 2 is 2.14 bits per heavy atom. The van der Waals surface area contributed by atoms with E-state index in [2.05, 4.69) is 10.3 Å². The van der Waals surface area contributed by atoms with Crippen molar-refractivity contribution in [1.29, 1.82) is 0 Å². The van der Waals surface area contributed by atoms with Crippen LogP contribution in [0.3, 0.4) is 0 Å². The number of carbonyl (C=O) groups is 1. The summed E-state index contributed by atoms with van der Waals surface area (Å²) < 4.78 is 37.8. The zero-order valence-electron chi connectivity index (χ0n) is 10.9. The molecule has 2 aromatic rings. The van der Waals surface area contributed by atoms with Crippen molar-refractivity contribution in [3.05, 3.63) is 46.5 Å². The van der Waals surface area contributed by atoms with Crippen molar-refractivity contribution >= 4 is 22.4 Å². The first-order valence-corrected chi connectivity index (χ1v) is 6.85. The third-order valence-electron chi connectivity index (χ3n) is 2.66. The number of benzene rings is 1. The van der Waals surface area contributed by atoms with E-state index in [-0.39, 0.29) is 11.6 Å². The Kier molecular flexibility index (Phi) is 4.29. The van der Waals surface area contributed by atoms with Crippen LogP contribution in [0.25, 0.3) is 0 Å². The number of halogens is 3. The van der Waals surface area contributed by atoms with E-state index in [1.807, 2.05) is 0 Å². The van der Waals surface area contributed by atoms with Gasteiger partial charge in [0.2, 0.25) is 0 Å². The van der Waals surface area contributed by atoms with Gasteiger partial charge in [0.25, 0.3) is 5.91 Å². The molecule has 112 valence electrons. The molecule has 8 heteroatoms. The molecule has 1 amide bonds. The van der Waals surface area contributed by atoms with Crippen LogP contribution >= 0.6 is 11.3 Å². The molecular weight excluding hydrogens is 303 g/mol. The number of alkyl halides is 3. The fraction of sp³-hybridized carbons (Fsp3) is 0.231. The van der Waals surface area contributed by atoms with E-state index in [1.165, 1.54) is 23.5 Å². The van der Waals surface area contributed by atoms with Gasteiger partial charge in [-0.3, -0.25) is 10.1 Å². The van der Waals surface area contributed by atoms with Crippen molar-refractivity contribution in [3.8, 4) is 0 Å². The molecule has 0 saturated carbocycles. The second kappa shape index (κ2) is 5.82. The van der Waals surface area contributed by atoms with Crippen LogP contribution < -0.4 is 11.1 Å². The van der Waals surface area contributed by atoms with Gasteiger partial charge in [-0.1, -0.05) is 6.07 Å². The first kappa shape index (κ1) is 15.5. The molecule has 0 aliphatic carbocycles. The standard InChI is InChI=1S/C13H12F3N3OS/c1-7(17)10-6-21-12(18-10)19-11(20)8-3-2-4-9(5-8)13(14,15)16/h2-7H,17H2,1H3,(H,18,19,20). The zero-order chi connectivity index (χ0) is 15.6. The van der Waals surface area contributed by atoms with Gasteiger partial charge < -0.3 is 5.73 Å². The Hall–Kier alpha value is -1.93. The lowest BCUT2D eigenvalue weighted by molar-refractivity contribution is -0.137. The average molecular weight is 315 g/mol. The van der Waals surface area contributed by atoms with Crippen molar-refractivity contribution in [2.75, 3.05) is 5.32 Å². The fourth-order valence-electron chi connectivity index (χ4n) is 1.56. The lowest BCUT2D eigenvalue weighted by atomic mass is 10.1. The minimum Gasteiger partial charge on any atom is -0.323 e. The average Bonchev–Trinajstić information content (AvgIpc) is 2.86. The van der Waals surface area contributed by atoms with Crippen LogP contribution in [0.1, 0.15) is 34.6 Å². The number of anilines is 1. The maximum Gasteiger partial charge on any atom is 0.416 e. The monoisotopic (exact) mass is 315 g/mol. The van der Waals surface area contributed by atoms with Gasteiger partial charge in [-0.25, -0.2) is 4.98 Å². The summed E-state index contributed by atoms with van der Waals surface area (Å²) in [5.41, 5.74) is 5.30. The molecule has 1 aromatic carbocycles. The van der Waals surface area contributed by atoms with Crippen molar-refractivity contribution in [1.82, 2.24) is 4.98 Å². The van der Waals surface area contributed by atoms with Gasteiger partial charge in [-0.15, -0.1) is 11.3 Å². The molecule has 0 fully saturated rings. The maximum atomic E-state index is 12.6. The van der Waals surface area contributed by atoms with E-state index in [4.69, 9.17) is 5.73 Å². The van der Waals surface area contributed by atoms with Gasteiger partial charge in [0.1, 0.15) is 0 Å². The number of rotatable bonds is 3. The molecule has 0 radical (unpaired) electrons. The van der Waals surface area contributed by atoms with E-state index in [0.29, 0.717) is 10.8 Å². The first-order valence-electron chi connectivity index (χ1n) is 5.97. The molecule has 21 heavy (non-hydrogen) atoms. The van der Waals surface area contributed by atoms with Gasteiger partial charge in [0.05, 0.1) is 11.3 Å². The normalized spacial score (nSPS) is 13.0. The summed E-state index contributed by atoms with van der Waals surface area (Å²) in [5.74, 6) is -0.647. The third-order valence-corrected chi connectivity index (χ3v) is 3.44. The van der Waals surface area contributed by atoms with Crippen molar-refractivity contribution in [3.63, 3.8) is 0 Å². The maximum absolute atomic E-state index is 12.6. The van der Waals surface area contributed by atoms with Gasteiger partial charge in [0.15, 0.2) is 5.13 Å². The zero-order valence-corrected chi connectivity index (χ0v) is 11.8. The number of amides is 1. The van der Waals surface area contributed by atoms with Crippen LogP contribution in [0, 0.1) is 0 Å². The van der Waals surface area contributed by atoms with Gasteiger partial charge in [-0.05, 0) is 25.1 Å². The number of nitrogens with zero attached hydrogens (tertiary/aromatic N) is 1. The molecule has 1 heterocycles. The molecule has 1 aromatic heterocycles. The number of aromatic nitrogens is 1. The van der Waals surface area contributed by atoms with Crippen LogP contribution in [0.2, 0.25) is 0 Å². The number of hydrogen-bond donors (Lipinski definition) is 2. The lowest BCUT2D eigenvalue weighted by Crippen LogP contribution is -2.14. The predicted octanol–water partition coefficient (Wildman–Crippen LogP) is 3.43. The number of thiazole rings is 1. The highest BCUT2D eigenvalue weighted by molar-refractivity contribution is 7.14. The molecule has 0 aliphatic heterocycles. The van der Waals surface area contributed by atoms with E-state index in [1.54, 1.807) is 12.3 Å². The Balaban J connectivity index is 2.16. The van der Waals surface area contributed by atoms with Gasteiger partial charge >= 0.3 is 6.18 Å². The molecule has 1 unspecified atom stereocenters. The van der Waals surface area contributed by atoms with Crippen LogP contribution in [0.5, 0.6) is 0 Å². The molecule has 0 saturated heterocycles. The van der Waals surface area contributed by atoms with Crippen molar-refractivity contribution in [2.24, 2.45) is 5.73 Å². The molecule has 4 nitrogen and oxygen atoms in total. The van der Waals surface area contributed by atoms with E-state index >= 15 is 0 Å². The van der Waals surface area contributed by atoms with Gasteiger partial charge in [-0.2, -0.15) is 13.2 Å². The Bertz CT molecular complexity index is 652. The summed E-state index contributed by atoms with van der Waals surface area (Å²) in [5, 5.41) is 4.44. The Morgan fingerprint density at radius 3 is 2.71 bits per heavy atom. The molecular formula is C13H12F3N3OS. The van der Waals surface area contributed by atoms with E-state index < -0.39 is 17.6 Å². The highest BCUT2D eigenvalue weighted by Gasteiger charge is 2.30. The minimum absolute atomic E-state index is 0.0811. The molecule has 0 spiro atoms. The quantitative estimate of drug-likeness (QED) is 0.912. The highest BCUT2D eigenvalue weighted by atomic mass is 32.1. The van der Waals surface area contributed by atoms with Crippen molar-refractivity contribution < 1.29 is 18.0 Å². The predicted molar refractivity (Wildman–Crippen MR) is 74.1 cm³/mol. The largest absolute Gasteiger partial charge is 0.416 e. The topological polar surface area (TPSA) is 68.0 Å².